The number of amides is 2. The van der Waals surface area contributed by atoms with E-state index in [0.717, 1.165) is 0 Å². The van der Waals surface area contributed by atoms with Crippen molar-refractivity contribution in [1.82, 2.24) is 15.2 Å². The standard InChI is InChI=1S/C18H23N3O4/c1-11(2)17-19-12(3)15(25-17)16(22)20-13-6-8-21(9-7-13)18(23)14-5-4-10-24-14/h4-5,10-11,13H,6-9H2,1-3H3,(H,20,22). The number of carbonyl (C=O) groups is 2. The predicted molar refractivity (Wildman–Crippen MR) is 90.4 cm³/mol. The van der Waals surface area contributed by atoms with E-state index in [1.54, 1.807) is 24.0 Å². The summed E-state index contributed by atoms with van der Waals surface area (Å²) in [5, 5.41) is 2.99. The number of carbonyl (C=O) groups excluding carboxylic acids is 2. The van der Waals surface area contributed by atoms with Gasteiger partial charge in [0.2, 0.25) is 5.76 Å². The number of nitrogens with one attached hydrogen (secondary N) is 1. The van der Waals surface area contributed by atoms with Gasteiger partial charge < -0.3 is 19.1 Å². The number of hydrogen-bond acceptors (Lipinski definition) is 5. The highest BCUT2D eigenvalue weighted by Gasteiger charge is 2.27. The molecule has 0 aromatic carbocycles. The summed E-state index contributed by atoms with van der Waals surface area (Å²) in [7, 11) is 0. The van der Waals surface area contributed by atoms with Crippen molar-refractivity contribution in [1.29, 1.82) is 0 Å². The fourth-order valence-corrected chi connectivity index (χ4v) is 2.91. The van der Waals surface area contributed by atoms with Gasteiger partial charge in [0.25, 0.3) is 11.8 Å². The zero-order valence-electron chi connectivity index (χ0n) is 14.7. The molecule has 0 unspecified atom stereocenters. The van der Waals surface area contributed by atoms with E-state index in [4.69, 9.17) is 8.83 Å². The molecule has 1 aliphatic rings. The van der Waals surface area contributed by atoms with Crippen LogP contribution in [0.4, 0.5) is 0 Å². The van der Waals surface area contributed by atoms with E-state index < -0.39 is 0 Å². The van der Waals surface area contributed by atoms with E-state index in [-0.39, 0.29) is 29.5 Å². The van der Waals surface area contributed by atoms with Gasteiger partial charge in [-0.1, -0.05) is 13.8 Å². The van der Waals surface area contributed by atoms with Crippen molar-refractivity contribution in [2.45, 2.75) is 45.6 Å². The SMILES string of the molecule is Cc1nc(C(C)C)oc1C(=O)NC1CCN(C(=O)c2ccco2)CC1. The Labute approximate surface area is 146 Å². The molecule has 3 rings (SSSR count). The predicted octanol–water partition coefficient (Wildman–Crippen LogP) is 2.73. The van der Waals surface area contributed by atoms with Crippen LogP contribution in [0.2, 0.25) is 0 Å². The van der Waals surface area contributed by atoms with Gasteiger partial charge in [-0.05, 0) is 31.9 Å². The summed E-state index contributed by atoms with van der Waals surface area (Å²) in [6, 6.07) is 3.38. The van der Waals surface area contributed by atoms with Crippen LogP contribution in [0.5, 0.6) is 0 Å². The Morgan fingerprint density at radius 1 is 1.32 bits per heavy atom. The minimum Gasteiger partial charge on any atom is -0.459 e. The minimum absolute atomic E-state index is 0.0140. The lowest BCUT2D eigenvalue weighted by atomic mass is 10.0. The molecule has 0 radical (unpaired) electrons. The molecule has 0 spiro atoms. The Morgan fingerprint density at radius 2 is 2.04 bits per heavy atom. The maximum atomic E-state index is 12.4. The first-order chi connectivity index (χ1) is 12.0. The van der Waals surface area contributed by atoms with Crippen LogP contribution in [0.15, 0.2) is 27.2 Å². The van der Waals surface area contributed by atoms with Crippen molar-refractivity contribution in [2.24, 2.45) is 0 Å². The molecular weight excluding hydrogens is 322 g/mol. The van der Waals surface area contributed by atoms with Gasteiger partial charge in [0.05, 0.1) is 12.0 Å². The van der Waals surface area contributed by atoms with E-state index >= 15 is 0 Å². The largest absolute Gasteiger partial charge is 0.459 e. The second-order valence-corrected chi connectivity index (χ2v) is 6.64. The molecule has 1 saturated heterocycles. The van der Waals surface area contributed by atoms with E-state index in [1.165, 1.54) is 6.26 Å². The van der Waals surface area contributed by atoms with E-state index in [2.05, 4.69) is 10.3 Å². The van der Waals surface area contributed by atoms with Gasteiger partial charge in [0.15, 0.2) is 11.7 Å². The second kappa shape index (κ2) is 7.13. The number of likely N-dealkylation sites (tertiary alicyclic amines) is 1. The summed E-state index contributed by atoms with van der Waals surface area (Å²) in [5.41, 5.74) is 0.603. The molecule has 1 aliphatic heterocycles. The normalized spacial score (nSPS) is 15.6. The fraction of sp³-hybridized carbons (Fsp3) is 0.500. The molecule has 0 atom stereocenters. The molecule has 0 aliphatic carbocycles. The molecule has 7 heteroatoms. The molecule has 7 nitrogen and oxygen atoms in total. The summed E-state index contributed by atoms with van der Waals surface area (Å²) in [4.78, 5) is 30.7. The van der Waals surface area contributed by atoms with Crippen molar-refractivity contribution in [2.75, 3.05) is 13.1 Å². The molecule has 1 N–H and O–H groups in total. The first-order valence-corrected chi connectivity index (χ1v) is 8.56. The monoisotopic (exact) mass is 345 g/mol. The molecule has 134 valence electrons. The van der Waals surface area contributed by atoms with Crippen LogP contribution in [-0.2, 0) is 0 Å². The zero-order chi connectivity index (χ0) is 18.0. The topological polar surface area (TPSA) is 88.6 Å². The molecule has 0 bridgehead atoms. The Kier molecular flexibility index (Phi) is 4.92. The number of aromatic nitrogens is 1. The van der Waals surface area contributed by atoms with Crippen molar-refractivity contribution >= 4 is 11.8 Å². The summed E-state index contributed by atoms with van der Waals surface area (Å²) in [6.45, 7) is 6.88. The van der Waals surface area contributed by atoms with E-state index in [1.807, 2.05) is 13.8 Å². The maximum absolute atomic E-state index is 12.4. The van der Waals surface area contributed by atoms with Crippen LogP contribution >= 0.6 is 0 Å². The lowest BCUT2D eigenvalue weighted by Gasteiger charge is -2.31. The van der Waals surface area contributed by atoms with E-state index in [0.29, 0.717) is 43.3 Å². The number of furan rings is 1. The van der Waals surface area contributed by atoms with Crippen LogP contribution < -0.4 is 5.32 Å². The molecular formula is C18H23N3O4. The van der Waals surface area contributed by atoms with Crippen LogP contribution in [-0.4, -0.2) is 40.8 Å². The molecule has 0 saturated carbocycles. The van der Waals surface area contributed by atoms with Gasteiger partial charge in [-0.2, -0.15) is 0 Å². The highest BCUT2D eigenvalue weighted by molar-refractivity contribution is 5.93. The lowest BCUT2D eigenvalue weighted by molar-refractivity contribution is 0.0665. The second-order valence-electron chi connectivity index (χ2n) is 6.64. The summed E-state index contributed by atoms with van der Waals surface area (Å²) < 4.78 is 10.7. The third-order valence-corrected chi connectivity index (χ3v) is 4.36. The van der Waals surface area contributed by atoms with Gasteiger partial charge in [-0.15, -0.1) is 0 Å². The van der Waals surface area contributed by atoms with Gasteiger partial charge >= 0.3 is 0 Å². The Hall–Kier alpha value is -2.57. The van der Waals surface area contributed by atoms with Crippen LogP contribution in [0.3, 0.4) is 0 Å². The van der Waals surface area contributed by atoms with Crippen LogP contribution in [0.1, 0.15) is 65.3 Å². The molecule has 25 heavy (non-hydrogen) atoms. The number of aryl methyl sites for hydroxylation is 1. The Morgan fingerprint density at radius 3 is 2.60 bits per heavy atom. The smallest absolute Gasteiger partial charge is 0.289 e. The van der Waals surface area contributed by atoms with Crippen molar-refractivity contribution in [3.63, 3.8) is 0 Å². The minimum atomic E-state index is -0.243. The summed E-state index contributed by atoms with van der Waals surface area (Å²) >= 11 is 0. The third-order valence-electron chi connectivity index (χ3n) is 4.36. The lowest BCUT2D eigenvalue weighted by Crippen LogP contribution is -2.46. The average Bonchev–Trinajstić information content (AvgIpc) is 3.24. The Bertz CT molecular complexity index is 740. The third kappa shape index (κ3) is 3.75. The van der Waals surface area contributed by atoms with Crippen LogP contribution in [0, 0.1) is 6.92 Å². The van der Waals surface area contributed by atoms with Gasteiger partial charge in [0.1, 0.15) is 0 Å². The fourth-order valence-electron chi connectivity index (χ4n) is 2.91. The van der Waals surface area contributed by atoms with Crippen molar-refractivity contribution in [3.8, 4) is 0 Å². The summed E-state index contributed by atoms with van der Waals surface area (Å²) in [6.07, 6.45) is 2.89. The van der Waals surface area contributed by atoms with Gasteiger partial charge in [0, 0.05) is 25.0 Å². The van der Waals surface area contributed by atoms with Crippen molar-refractivity contribution < 1.29 is 18.4 Å². The van der Waals surface area contributed by atoms with E-state index in [9.17, 15) is 9.59 Å². The number of piperidine rings is 1. The summed E-state index contributed by atoms with van der Waals surface area (Å²) in [5.74, 6) is 0.978. The number of hydrogen-bond donors (Lipinski definition) is 1. The van der Waals surface area contributed by atoms with Gasteiger partial charge in [-0.3, -0.25) is 9.59 Å². The maximum Gasteiger partial charge on any atom is 0.289 e. The Balaban J connectivity index is 1.55. The number of oxazole rings is 1. The van der Waals surface area contributed by atoms with Gasteiger partial charge in [-0.25, -0.2) is 4.98 Å². The molecule has 2 aromatic rings. The molecule has 2 aromatic heterocycles. The van der Waals surface area contributed by atoms with Crippen molar-refractivity contribution in [3.05, 3.63) is 41.5 Å². The first-order valence-electron chi connectivity index (χ1n) is 8.56. The average molecular weight is 345 g/mol. The highest BCUT2D eigenvalue weighted by Crippen LogP contribution is 2.19. The first kappa shape index (κ1) is 17.3. The quantitative estimate of drug-likeness (QED) is 0.920. The molecule has 1 fully saturated rings. The zero-order valence-corrected chi connectivity index (χ0v) is 14.7. The number of rotatable bonds is 4. The van der Waals surface area contributed by atoms with Crippen LogP contribution in [0.25, 0.3) is 0 Å². The molecule has 3 heterocycles. The highest BCUT2D eigenvalue weighted by atomic mass is 16.4. The number of nitrogens with zero attached hydrogens (tertiary/aromatic N) is 2. The molecule has 2 amide bonds.